The number of aromatic carboxylic acids is 1. The fourth-order valence-electron chi connectivity index (χ4n) is 1.99. The van der Waals surface area contributed by atoms with Gasteiger partial charge in [-0.25, -0.2) is 4.79 Å². The molecule has 1 aliphatic heterocycles. The van der Waals surface area contributed by atoms with Crippen molar-refractivity contribution < 1.29 is 19.4 Å². The van der Waals surface area contributed by atoms with Crippen molar-refractivity contribution in [3.05, 3.63) is 24.0 Å². The lowest BCUT2D eigenvalue weighted by Crippen LogP contribution is -2.41. The molecule has 2 heterocycles. The van der Waals surface area contributed by atoms with Gasteiger partial charge in [0.15, 0.2) is 0 Å². The lowest BCUT2D eigenvalue weighted by molar-refractivity contribution is -0.134. The standard InChI is InChI=1S/C13H17N3O4/c17-12(16-5-7-20-8-6-16)2-4-15-11-1-3-14-9-10(11)13(18)19/h1,3,9H,2,4-8H2,(H,14,15)(H,18,19). The number of hydrogen-bond donors (Lipinski definition) is 2. The van der Waals surface area contributed by atoms with E-state index in [1.54, 1.807) is 11.0 Å². The number of aromatic nitrogens is 1. The summed E-state index contributed by atoms with van der Waals surface area (Å²) in [6.07, 6.45) is 3.12. The maximum atomic E-state index is 11.9. The number of carboxylic acids is 1. The van der Waals surface area contributed by atoms with Gasteiger partial charge in [0.2, 0.25) is 5.91 Å². The van der Waals surface area contributed by atoms with Gasteiger partial charge in [-0.1, -0.05) is 0 Å². The molecule has 0 saturated carbocycles. The number of amides is 1. The van der Waals surface area contributed by atoms with E-state index in [1.807, 2.05) is 0 Å². The number of carbonyl (C=O) groups is 2. The van der Waals surface area contributed by atoms with E-state index in [4.69, 9.17) is 9.84 Å². The van der Waals surface area contributed by atoms with Crippen LogP contribution < -0.4 is 5.32 Å². The predicted octanol–water partition coefficient (Wildman–Crippen LogP) is 0.441. The molecule has 1 aromatic rings. The SMILES string of the molecule is O=C(O)c1cnccc1NCCC(=O)N1CCOCC1. The molecule has 20 heavy (non-hydrogen) atoms. The van der Waals surface area contributed by atoms with Crippen molar-refractivity contribution in [3.8, 4) is 0 Å². The van der Waals surface area contributed by atoms with E-state index in [2.05, 4.69) is 10.3 Å². The Balaban J connectivity index is 1.83. The molecule has 0 aromatic carbocycles. The van der Waals surface area contributed by atoms with Crippen LogP contribution in [0.25, 0.3) is 0 Å². The number of pyridine rings is 1. The number of rotatable bonds is 5. The van der Waals surface area contributed by atoms with Crippen LogP contribution in [0.1, 0.15) is 16.8 Å². The first-order valence-electron chi connectivity index (χ1n) is 6.45. The summed E-state index contributed by atoms with van der Waals surface area (Å²) in [5.74, 6) is -0.994. The van der Waals surface area contributed by atoms with Gasteiger partial charge >= 0.3 is 5.97 Å². The summed E-state index contributed by atoms with van der Waals surface area (Å²) in [6.45, 7) is 2.78. The van der Waals surface area contributed by atoms with Crippen LogP contribution in [0.15, 0.2) is 18.5 Å². The number of nitrogens with zero attached hydrogens (tertiary/aromatic N) is 2. The molecule has 0 unspecified atom stereocenters. The third-order valence-electron chi connectivity index (χ3n) is 3.07. The number of carbonyl (C=O) groups excluding carboxylic acids is 1. The Kier molecular flexibility index (Phi) is 4.89. The average Bonchev–Trinajstić information content (AvgIpc) is 2.48. The summed E-state index contributed by atoms with van der Waals surface area (Å²) in [6, 6.07) is 1.59. The molecular formula is C13H17N3O4. The topological polar surface area (TPSA) is 91.8 Å². The van der Waals surface area contributed by atoms with Gasteiger partial charge < -0.3 is 20.1 Å². The van der Waals surface area contributed by atoms with Gasteiger partial charge in [-0.15, -0.1) is 0 Å². The number of ether oxygens (including phenoxy) is 1. The molecule has 2 N–H and O–H groups in total. The summed E-state index contributed by atoms with van der Waals surface area (Å²) >= 11 is 0. The lowest BCUT2D eigenvalue weighted by Gasteiger charge is -2.27. The Morgan fingerprint density at radius 2 is 2.15 bits per heavy atom. The Morgan fingerprint density at radius 3 is 2.85 bits per heavy atom. The van der Waals surface area contributed by atoms with Gasteiger partial charge in [-0.05, 0) is 6.07 Å². The summed E-state index contributed by atoms with van der Waals surface area (Å²) in [5, 5.41) is 12.0. The molecule has 0 spiro atoms. The molecule has 1 amide bonds. The van der Waals surface area contributed by atoms with E-state index >= 15 is 0 Å². The van der Waals surface area contributed by atoms with Crippen molar-refractivity contribution in [3.63, 3.8) is 0 Å². The van der Waals surface area contributed by atoms with Crippen molar-refractivity contribution in [1.29, 1.82) is 0 Å². The minimum absolute atomic E-state index is 0.0479. The van der Waals surface area contributed by atoms with Crippen LogP contribution in [0.2, 0.25) is 0 Å². The van der Waals surface area contributed by atoms with E-state index in [0.29, 0.717) is 45.0 Å². The first-order chi connectivity index (χ1) is 9.68. The van der Waals surface area contributed by atoms with Crippen LogP contribution in [-0.4, -0.2) is 59.7 Å². The molecule has 2 rings (SSSR count). The number of carboxylic acid groups (broad SMARTS) is 1. The molecular weight excluding hydrogens is 262 g/mol. The summed E-state index contributed by atoms with van der Waals surface area (Å²) in [5.41, 5.74) is 0.577. The first kappa shape index (κ1) is 14.3. The summed E-state index contributed by atoms with van der Waals surface area (Å²) in [7, 11) is 0. The largest absolute Gasteiger partial charge is 0.478 e. The summed E-state index contributed by atoms with van der Waals surface area (Å²) < 4.78 is 5.18. The Morgan fingerprint density at radius 1 is 1.40 bits per heavy atom. The molecule has 1 aromatic heterocycles. The van der Waals surface area contributed by atoms with E-state index in [-0.39, 0.29) is 11.5 Å². The molecule has 0 bridgehead atoms. The maximum Gasteiger partial charge on any atom is 0.339 e. The first-order valence-corrected chi connectivity index (χ1v) is 6.45. The number of hydrogen-bond acceptors (Lipinski definition) is 5. The predicted molar refractivity (Wildman–Crippen MR) is 71.7 cm³/mol. The number of anilines is 1. The minimum Gasteiger partial charge on any atom is -0.478 e. The van der Waals surface area contributed by atoms with Gasteiger partial charge in [0.1, 0.15) is 5.56 Å². The second-order valence-corrected chi connectivity index (χ2v) is 4.40. The van der Waals surface area contributed by atoms with E-state index in [0.717, 1.165) is 0 Å². The fraction of sp³-hybridized carbons (Fsp3) is 0.462. The van der Waals surface area contributed by atoms with E-state index < -0.39 is 5.97 Å². The molecule has 108 valence electrons. The third kappa shape index (κ3) is 3.67. The van der Waals surface area contributed by atoms with Crippen molar-refractivity contribution in [2.75, 3.05) is 38.2 Å². The number of morpholine rings is 1. The highest BCUT2D eigenvalue weighted by molar-refractivity contribution is 5.93. The molecule has 0 radical (unpaired) electrons. The van der Waals surface area contributed by atoms with Crippen LogP contribution in [-0.2, 0) is 9.53 Å². The van der Waals surface area contributed by atoms with Gasteiger partial charge in [0.05, 0.1) is 18.9 Å². The molecule has 7 nitrogen and oxygen atoms in total. The van der Waals surface area contributed by atoms with Crippen molar-refractivity contribution in [2.45, 2.75) is 6.42 Å². The van der Waals surface area contributed by atoms with Crippen LogP contribution in [0, 0.1) is 0 Å². The second-order valence-electron chi connectivity index (χ2n) is 4.40. The molecule has 1 fully saturated rings. The highest BCUT2D eigenvalue weighted by Gasteiger charge is 2.16. The quantitative estimate of drug-likeness (QED) is 0.812. The number of nitrogens with one attached hydrogen (secondary N) is 1. The smallest absolute Gasteiger partial charge is 0.339 e. The Labute approximate surface area is 116 Å². The molecule has 0 atom stereocenters. The highest BCUT2D eigenvalue weighted by Crippen LogP contribution is 2.13. The van der Waals surface area contributed by atoms with Gasteiger partial charge in [0, 0.05) is 38.4 Å². The molecule has 7 heteroatoms. The Bertz CT molecular complexity index is 486. The normalized spacial score (nSPS) is 14.9. The minimum atomic E-state index is -1.04. The summed E-state index contributed by atoms with van der Waals surface area (Å²) in [4.78, 5) is 28.4. The molecule has 1 aliphatic rings. The van der Waals surface area contributed by atoms with Crippen molar-refractivity contribution in [2.24, 2.45) is 0 Å². The van der Waals surface area contributed by atoms with E-state index in [1.165, 1.54) is 12.4 Å². The lowest BCUT2D eigenvalue weighted by atomic mass is 10.2. The highest BCUT2D eigenvalue weighted by atomic mass is 16.5. The zero-order chi connectivity index (χ0) is 14.4. The zero-order valence-electron chi connectivity index (χ0n) is 11.0. The van der Waals surface area contributed by atoms with Crippen LogP contribution in [0.4, 0.5) is 5.69 Å². The zero-order valence-corrected chi connectivity index (χ0v) is 11.0. The Hall–Kier alpha value is -2.15. The average molecular weight is 279 g/mol. The monoisotopic (exact) mass is 279 g/mol. The van der Waals surface area contributed by atoms with E-state index in [9.17, 15) is 9.59 Å². The molecule has 1 saturated heterocycles. The van der Waals surface area contributed by atoms with Gasteiger partial charge in [0.25, 0.3) is 0 Å². The van der Waals surface area contributed by atoms with Gasteiger partial charge in [-0.2, -0.15) is 0 Å². The second kappa shape index (κ2) is 6.85. The van der Waals surface area contributed by atoms with Crippen molar-refractivity contribution in [1.82, 2.24) is 9.88 Å². The van der Waals surface area contributed by atoms with Gasteiger partial charge in [-0.3, -0.25) is 9.78 Å². The van der Waals surface area contributed by atoms with Crippen molar-refractivity contribution >= 4 is 17.6 Å². The fourth-order valence-corrected chi connectivity index (χ4v) is 1.99. The molecule has 0 aliphatic carbocycles. The van der Waals surface area contributed by atoms with Crippen LogP contribution in [0.3, 0.4) is 0 Å². The third-order valence-corrected chi connectivity index (χ3v) is 3.07. The van der Waals surface area contributed by atoms with Crippen LogP contribution >= 0.6 is 0 Å². The van der Waals surface area contributed by atoms with Crippen LogP contribution in [0.5, 0.6) is 0 Å². The maximum absolute atomic E-state index is 11.9.